The number of hydrogen-bond donors (Lipinski definition) is 2. The third-order valence-electron chi connectivity index (χ3n) is 2.97. The van der Waals surface area contributed by atoms with Gasteiger partial charge in [-0.15, -0.1) is 0 Å². The second kappa shape index (κ2) is 6.02. The Hall–Kier alpha value is -2.62. The van der Waals surface area contributed by atoms with Crippen LogP contribution in [0.3, 0.4) is 0 Å². The van der Waals surface area contributed by atoms with E-state index in [1.807, 2.05) is 26.0 Å². The van der Waals surface area contributed by atoms with Crippen LogP contribution in [0.25, 0.3) is 0 Å². The lowest BCUT2D eigenvalue weighted by atomic mass is 10.1. The molecule has 0 aliphatic carbocycles. The zero-order valence-corrected chi connectivity index (χ0v) is 11.6. The van der Waals surface area contributed by atoms with Crippen LogP contribution in [0.4, 0.5) is 5.69 Å². The quantitative estimate of drug-likeness (QED) is 0.510. The van der Waals surface area contributed by atoms with Gasteiger partial charge < -0.3 is 5.73 Å². The molecule has 0 radical (unpaired) electrons. The molecule has 2 rings (SSSR count). The molecule has 0 spiro atoms. The molecule has 0 heterocycles. The summed E-state index contributed by atoms with van der Waals surface area (Å²) in [5, 5.41) is 3.98. The molecule has 0 fully saturated rings. The largest absolute Gasteiger partial charge is 0.399 e. The SMILES string of the molecule is Cc1ccc(C=NNC(=O)c2ccc(N)cc2)c(C)c1. The highest BCUT2D eigenvalue weighted by Gasteiger charge is 2.03. The van der Waals surface area contributed by atoms with Gasteiger partial charge >= 0.3 is 0 Å². The number of rotatable bonds is 3. The van der Waals surface area contributed by atoms with Gasteiger partial charge in [0.1, 0.15) is 0 Å². The maximum atomic E-state index is 11.8. The fourth-order valence-electron chi connectivity index (χ4n) is 1.83. The summed E-state index contributed by atoms with van der Waals surface area (Å²) in [5.74, 6) is -0.258. The van der Waals surface area contributed by atoms with E-state index in [-0.39, 0.29) is 5.91 Å². The molecule has 0 atom stereocenters. The van der Waals surface area contributed by atoms with Crippen molar-refractivity contribution < 1.29 is 4.79 Å². The van der Waals surface area contributed by atoms with E-state index in [0.717, 1.165) is 11.1 Å². The van der Waals surface area contributed by atoms with Gasteiger partial charge in [0.25, 0.3) is 5.91 Å². The van der Waals surface area contributed by atoms with Gasteiger partial charge in [0.05, 0.1) is 6.21 Å². The Balaban J connectivity index is 2.02. The minimum absolute atomic E-state index is 0.258. The molecule has 4 heteroatoms. The van der Waals surface area contributed by atoms with Gasteiger partial charge in [0.15, 0.2) is 0 Å². The molecular formula is C16H17N3O. The molecule has 1 amide bonds. The van der Waals surface area contributed by atoms with Crippen LogP contribution in [0.2, 0.25) is 0 Å². The summed E-state index contributed by atoms with van der Waals surface area (Å²) in [6.45, 7) is 4.05. The number of aryl methyl sites for hydroxylation is 2. The fourth-order valence-corrected chi connectivity index (χ4v) is 1.83. The number of hydrazone groups is 1. The second-order valence-corrected chi connectivity index (χ2v) is 4.68. The van der Waals surface area contributed by atoms with Gasteiger partial charge in [0.2, 0.25) is 0 Å². The Kier molecular flexibility index (Phi) is 4.15. The normalized spacial score (nSPS) is 10.7. The van der Waals surface area contributed by atoms with E-state index in [9.17, 15) is 4.79 Å². The van der Waals surface area contributed by atoms with Crippen molar-refractivity contribution in [3.05, 3.63) is 64.7 Å². The molecule has 0 aliphatic heterocycles. The van der Waals surface area contributed by atoms with Crippen LogP contribution in [0.15, 0.2) is 47.6 Å². The van der Waals surface area contributed by atoms with E-state index >= 15 is 0 Å². The molecule has 0 saturated carbocycles. The minimum Gasteiger partial charge on any atom is -0.399 e. The van der Waals surface area contributed by atoms with Crippen molar-refractivity contribution in [1.82, 2.24) is 5.43 Å². The van der Waals surface area contributed by atoms with Crippen LogP contribution in [-0.2, 0) is 0 Å². The third kappa shape index (κ3) is 3.45. The van der Waals surface area contributed by atoms with E-state index in [2.05, 4.69) is 16.6 Å². The van der Waals surface area contributed by atoms with E-state index in [1.165, 1.54) is 5.56 Å². The van der Waals surface area contributed by atoms with E-state index < -0.39 is 0 Å². The molecule has 0 aromatic heterocycles. The summed E-state index contributed by atoms with van der Waals surface area (Å²) < 4.78 is 0. The van der Waals surface area contributed by atoms with Gasteiger partial charge in [-0.05, 0) is 49.2 Å². The van der Waals surface area contributed by atoms with Gasteiger partial charge in [-0.25, -0.2) is 5.43 Å². The topological polar surface area (TPSA) is 67.5 Å². The average Bonchev–Trinajstić information content (AvgIpc) is 2.42. The van der Waals surface area contributed by atoms with Crippen LogP contribution in [-0.4, -0.2) is 12.1 Å². The number of hydrogen-bond acceptors (Lipinski definition) is 3. The Morgan fingerprint density at radius 2 is 1.85 bits per heavy atom. The first-order chi connectivity index (χ1) is 9.56. The molecule has 0 aliphatic rings. The van der Waals surface area contributed by atoms with Crippen molar-refractivity contribution in [2.75, 3.05) is 5.73 Å². The van der Waals surface area contributed by atoms with Crippen molar-refractivity contribution in [2.24, 2.45) is 5.10 Å². The molecular weight excluding hydrogens is 250 g/mol. The number of carbonyl (C=O) groups is 1. The standard InChI is InChI=1S/C16H17N3O/c1-11-3-4-14(12(2)9-11)10-18-19-16(20)13-5-7-15(17)8-6-13/h3-10H,17H2,1-2H3,(H,19,20). The van der Waals surface area contributed by atoms with Crippen LogP contribution < -0.4 is 11.2 Å². The Morgan fingerprint density at radius 3 is 2.50 bits per heavy atom. The summed E-state index contributed by atoms with van der Waals surface area (Å²) in [4.78, 5) is 11.8. The molecule has 0 bridgehead atoms. The summed E-state index contributed by atoms with van der Waals surface area (Å²) in [6.07, 6.45) is 1.64. The molecule has 20 heavy (non-hydrogen) atoms. The predicted molar refractivity (Wildman–Crippen MR) is 81.8 cm³/mol. The summed E-state index contributed by atoms with van der Waals surface area (Å²) in [6, 6.07) is 12.8. The number of carbonyl (C=O) groups excluding carboxylic acids is 1. The number of amides is 1. The number of benzene rings is 2. The second-order valence-electron chi connectivity index (χ2n) is 4.68. The highest BCUT2D eigenvalue weighted by molar-refractivity contribution is 5.95. The lowest BCUT2D eigenvalue weighted by Crippen LogP contribution is -2.17. The zero-order valence-electron chi connectivity index (χ0n) is 11.6. The van der Waals surface area contributed by atoms with E-state index in [0.29, 0.717) is 11.3 Å². The van der Waals surface area contributed by atoms with Gasteiger partial charge in [-0.1, -0.05) is 23.8 Å². The van der Waals surface area contributed by atoms with Crippen molar-refractivity contribution in [1.29, 1.82) is 0 Å². The Bertz CT molecular complexity index is 645. The molecule has 0 saturated heterocycles. The van der Waals surface area contributed by atoms with Crippen molar-refractivity contribution >= 4 is 17.8 Å². The fraction of sp³-hybridized carbons (Fsp3) is 0.125. The van der Waals surface area contributed by atoms with Crippen molar-refractivity contribution in [2.45, 2.75) is 13.8 Å². The molecule has 4 nitrogen and oxygen atoms in total. The van der Waals surface area contributed by atoms with Crippen molar-refractivity contribution in [3.8, 4) is 0 Å². The van der Waals surface area contributed by atoms with Gasteiger partial charge in [-0.3, -0.25) is 4.79 Å². The first-order valence-corrected chi connectivity index (χ1v) is 6.32. The highest BCUT2D eigenvalue weighted by atomic mass is 16.2. The molecule has 2 aromatic carbocycles. The highest BCUT2D eigenvalue weighted by Crippen LogP contribution is 2.08. The monoisotopic (exact) mass is 267 g/mol. The van der Waals surface area contributed by atoms with E-state index in [1.54, 1.807) is 30.5 Å². The van der Waals surface area contributed by atoms with Gasteiger partial charge in [0, 0.05) is 11.3 Å². The van der Waals surface area contributed by atoms with Crippen LogP contribution >= 0.6 is 0 Å². The Morgan fingerprint density at radius 1 is 1.15 bits per heavy atom. The van der Waals surface area contributed by atoms with Gasteiger partial charge in [-0.2, -0.15) is 5.10 Å². The summed E-state index contributed by atoms with van der Waals surface area (Å²) in [7, 11) is 0. The lowest BCUT2D eigenvalue weighted by molar-refractivity contribution is 0.0955. The first-order valence-electron chi connectivity index (χ1n) is 6.32. The first kappa shape index (κ1) is 13.8. The van der Waals surface area contributed by atoms with Crippen LogP contribution in [0.1, 0.15) is 27.0 Å². The van der Waals surface area contributed by atoms with Crippen LogP contribution in [0.5, 0.6) is 0 Å². The summed E-state index contributed by atoms with van der Waals surface area (Å²) in [5.41, 5.74) is 12.5. The molecule has 2 aromatic rings. The smallest absolute Gasteiger partial charge is 0.271 e. The van der Waals surface area contributed by atoms with Crippen molar-refractivity contribution in [3.63, 3.8) is 0 Å². The molecule has 0 unspecified atom stereocenters. The maximum Gasteiger partial charge on any atom is 0.271 e. The third-order valence-corrected chi connectivity index (χ3v) is 2.97. The van der Waals surface area contributed by atoms with E-state index in [4.69, 9.17) is 5.73 Å². The lowest BCUT2D eigenvalue weighted by Gasteiger charge is -2.02. The minimum atomic E-state index is -0.258. The number of nitrogen functional groups attached to an aromatic ring is 1. The summed E-state index contributed by atoms with van der Waals surface area (Å²) >= 11 is 0. The number of nitrogens with one attached hydrogen (secondary N) is 1. The maximum absolute atomic E-state index is 11.8. The average molecular weight is 267 g/mol. The van der Waals surface area contributed by atoms with Crippen LogP contribution in [0, 0.1) is 13.8 Å². The number of nitrogens with zero attached hydrogens (tertiary/aromatic N) is 1. The number of anilines is 1. The molecule has 102 valence electrons. The number of nitrogens with two attached hydrogens (primary N) is 1. The predicted octanol–water partition coefficient (Wildman–Crippen LogP) is 2.65. The Labute approximate surface area is 118 Å². The molecule has 3 N–H and O–H groups in total. The zero-order chi connectivity index (χ0) is 14.5.